The number of rotatable bonds is 6. The summed E-state index contributed by atoms with van der Waals surface area (Å²) < 4.78 is 1.72. The maximum absolute atomic E-state index is 12.3. The van der Waals surface area contributed by atoms with E-state index in [4.69, 9.17) is 0 Å². The van der Waals surface area contributed by atoms with E-state index in [-0.39, 0.29) is 11.7 Å². The molecule has 0 saturated carbocycles. The number of para-hydroxylation sites is 1. The zero-order valence-corrected chi connectivity index (χ0v) is 16.3. The minimum absolute atomic E-state index is 0.106. The van der Waals surface area contributed by atoms with E-state index in [9.17, 15) is 9.90 Å². The molecule has 2 N–H and O–H groups in total. The molecule has 0 saturated heterocycles. The third-order valence-corrected chi connectivity index (χ3v) is 5.33. The van der Waals surface area contributed by atoms with E-state index in [0.29, 0.717) is 11.0 Å². The predicted octanol–water partition coefficient (Wildman–Crippen LogP) is 3.24. The number of nitrogens with zero attached hydrogens (tertiary/aromatic N) is 3. The van der Waals surface area contributed by atoms with Gasteiger partial charge in [-0.25, -0.2) is 0 Å². The molecule has 27 heavy (non-hydrogen) atoms. The van der Waals surface area contributed by atoms with E-state index >= 15 is 0 Å². The van der Waals surface area contributed by atoms with Crippen LogP contribution in [-0.4, -0.2) is 31.5 Å². The van der Waals surface area contributed by atoms with E-state index < -0.39 is 6.10 Å². The second-order valence-corrected chi connectivity index (χ2v) is 7.26. The topological polar surface area (TPSA) is 80.0 Å². The van der Waals surface area contributed by atoms with Gasteiger partial charge in [-0.3, -0.25) is 4.79 Å². The van der Waals surface area contributed by atoms with Crippen molar-refractivity contribution in [3.05, 3.63) is 71.0 Å². The third kappa shape index (κ3) is 4.37. The van der Waals surface area contributed by atoms with Crippen LogP contribution in [-0.2, 0) is 11.8 Å². The van der Waals surface area contributed by atoms with Gasteiger partial charge >= 0.3 is 0 Å². The van der Waals surface area contributed by atoms with E-state index in [1.165, 1.54) is 11.8 Å². The Morgan fingerprint density at radius 2 is 1.78 bits per heavy atom. The molecular formula is C20H22N4O2S. The van der Waals surface area contributed by atoms with E-state index in [0.717, 1.165) is 22.4 Å². The summed E-state index contributed by atoms with van der Waals surface area (Å²) in [6.07, 6.45) is -0.860. The minimum Gasteiger partial charge on any atom is -0.380 e. The molecular weight excluding hydrogens is 360 g/mol. The molecule has 140 valence electrons. The van der Waals surface area contributed by atoms with Crippen LogP contribution >= 0.6 is 11.8 Å². The molecule has 0 aliphatic rings. The van der Waals surface area contributed by atoms with E-state index in [1.807, 2.05) is 62.4 Å². The highest BCUT2D eigenvalue weighted by molar-refractivity contribution is 7.99. The number of thioether (sulfide) groups is 1. The van der Waals surface area contributed by atoms with E-state index in [1.54, 1.807) is 11.6 Å². The Balaban J connectivity index is 1.65. The molecule has 1 atom stereocenters. The lowest BCUT2D eigenvalue weighted by Crippen LogP contribution is -2.16. The van der Waals surface area contributed by atoms with Crippen LogP contribution in [0, 0.1) is 13.8 Å². The summed E-state index contributed by atoms with van der Waals surface area (Å²) >= 11 is 1.29. The molecule has 0 aliphatic heterocycles. The molecule has 1 aromatic heterocycles. The molecule has 0 spiro atoms. The van der Waals surface area contributed by atoms with Gasteiger partial charge < -0.3 is 15.0 Å². The van der Waals surface area contributed by atoms with Gasteiger partial charge in [0, 0.05) is 12.7 Å². The van der Waals surface area contributed by atoms with Crippen LogP contribution in [0.3, 0.4) is 0 Å². The summed E-state index contributed by atoms with van der Waals surface area (Å²) in [7, 11) is 1.78. The Hall–Kier alpha value is -2.64. The van der Waals surface area contributed by atoms with Crippen molar-refractivity contribution < 1.29 is 9.90 Å². The van der Waals surface area contributed by atoms with Gasteiger partial charge in [0.15, 0.2) is 11.0 Å². The maximum Gasteiger partial charge on any atom is 0.234 e. The van der Waals surface area contributed by atoms with Crippen molar-refractivity contribution in [2.45, 2.75) is 25.1 Å². The first-order chi connectivity index (χ1) is 13.0. The number of benzene rings is 2. The van der Waals surface area contributed by atoms with Crippen molar-refractivity contribution in [2.24, 2.45) is 7.05 Å². The average molecular weight is 382 g/mol. The van der Waals surface area contributed by atoms with Gasteiger partial charge in [0.05, 0.1) is 5.75 Å². The van der Waals surface area contributed by atoms with Crippen LogP contribution in [0.15, 0.2) is 53.7 Å². The normalized spacial score (nSPS) is 12.0. The Kier molecular flexibility index (Phi) is 5.93. The summed E-state index contributed by atoms with van der Waals surface area (Å²) in [5.74, 6) is 0.547. The van der Waals surface area contributed by atoms with Crippen molar-refractivity contribution in [1.29, 1.82) is 0 Å². The number of aryl methyl sites for hydroxylation is 2. The SMILES string of the molecule is Cc1cccc(C)c1NC(=O)CSc1nnc(C(O)c2ccccc2)n1C. The lowest BCUT2D eigenvalue weighted by molar-refractivity contribution is -0.113. The number of amides is 1. The molecule has 1 amide bonds. The number of aromatic nitrogens is 3. The van der Waals surface area contributed by atoms with Crippen LogP contribution in [0.25, 0.3) is 0 Å². The van der Waals surface area contributed by atoms with Crippen LogP contribution in [0.4, 0.5) is 5.69 Å². The highest BCUT2D eigenvalue weighted by Gasteiger charge is 2.19. The van der Waals surface area contributed by atoms with Gasteiger partial charge in [0.1, 0.15) is 6.10 Å². The molecule has 3 rings (SSSR count). The fourth-order valence-corrected chi connectivity index (χ4v) is 3.51. The first-order valence-electron chi connectivity index (χ1n) is 8.58. The first-order valence-corrected chi connectivity index (χ1v) is 9.57. The third-order valence-electron chi connectivity index (χ3n) is 4.31. The molecule has 0 bridgehead atoms. The van der Waals surface area contributed by atoms with Gasteiger partial charge in [-0.1, -0.05) is 60.3 Å². The van der Waals surface area contributed by atoms with Crippen molar-refractivity contribution in [3.63, 3.8) is 0 Å². The monoisotopic (exact) mass is 382 g/mol. The standard InChI is InChI=1S/C20H22N4O2S/c1-13-8-7-9-14(2)17(13)21-16(25)12-27-20-23-22-19(24(20)3)18(26)15-10-5-4-6-11-15/h4-11,18,26H,12H2,1-3H3,(H,21,25). The number of hydrogen-bond acceptors (Lipinski definition) is 5. The molecule has 2 aromatic carbocycles. The molecule has 0 aliphatic carbocycles. The van der Waals surface area contributed by atoms with Crippen molar-refractivity contribution in [2.75, 3.05) is 11.1 Å². The molecule has 0 radical (unpaired) electrons. The lowest BCUT2D eigenvalue weighted by Gasteiger charge is -2.12. The van der Waals surface area contributed by atoms with Crippen molar-refractivity contribution >= 4 is 23.4 Å². The Labute approximate surface area is 162 Å². The number of hydrogen-bond donors (Lipinski definition) is 2. The largest absolute Gasteiger partial charge is 0.380 e. The highest BCUT2D eigenvalue weighted by Crippen LogP contribution is 2.24. The fraction of sp³-hybridized carbons (Fsp3) is 0.250. The molecule has 7 heteroatoms. The molecule has 3 aromatic rings. The first kappa shape index (κ1) is 19.1. The second-order valence-electron chi connectivity index (χ2n) is 6.32. The zero-order valence-electron chi connectivity index (χ0n) is 15.5. The quantitative estimate of drug-likeness (QED) is 0.640. The van der Waals surface area contributed by atoms with E-state index in [2.05, 4.69) is 15.5 Å². The molecule has 1 unspecified atom stereocenters. The van der Waals surface area contributed by atoms with Gasteiger partial charge in [-0.05, 0) is 30.5 Å². The molecule has 1 heterocycles. The summed E-state index contributed by atoms with van der Waals surface area (Å²) in [4.78, 5) is 12.3. The maximum atomic E-state index is 12.3. The van der Waals surface area contributed by atoms with Crippen molar-refractivity contribution in [1.82, 2.24) is 14.8 Å². The summed E-state index contributed by atoms with van der Waals surface area (Å²) in [6.45, 7) is 3.94. The zero-order chi connectivity index (χ0) is 19.4. The van der Waals surface area contributed by atoms with Gasteiger partial charge in [-0.15, -0.1) is 10.2 Å². The molecule has 6 nitrogen and oxygen atoms in total. The summed E-state index contributed by atoms with van der Waals surface area (Å²) in [5, 5.41) is 22.2. The van der Waals surface area contributed by atoms with Crippen LogP contribution in [0.2, 0.25) is 0 Å². The number of anilines is 1. The molecule has 0 fully saturated rings. The van der Waals surface area contributed by atoms with Gasteiger partial charge in [0.2, 0.25) is 5.91 Å². The Bertz CT molecular complexity index is 920. The second kappa shape index (κ2) is 8.37. The summed E-state index contributed by atoms with van der Waals surface area (Å²) in [6, 6.07) is 15.2. The average Bonchev–Trinajstić information content (AvgIpc) is 3.04. The predicted molar refractivity (Wildman–Crippen MR) is 107 cm³/mol. The highest BCUT2D eigenvalue weighted by atomic mass is 32.2. The van der Waals surface area contributed by atoms with Gasteiger partial charge in [-0.2, -0.15) is 0 Å². The fourth-order valence-electron chi connectivity index (χ4n) is 2.79. The van der Waals surface area contributed by atoms with Crippen LogP contribution in [0.5, 0.6) is 0 Å². The smallest absolute Gasteiger partial charge is 0.234 e. The van der Waals surface area contributed by atoms with Gasteiger partial charge in [0.25, 0.3) is 0 Å². The lowest BCUT2D eigenvalue weighted by atomic mass is 10.1. The number of carbonyl (C=O) groups is 1. The Morgan fingerprint density at radius 3 is 2.44 bits per heavy atom. The number of nitrogens with one attached hydrogen (secondary N) is 1. The number of aliphatic hydroxyl groups is 1. The van der Waals surface area contributed by atoms with Crippen LogP contribution in [0.1, 0.15) is 28.6 Å². The number of aliphatic hydroxyl groups excluding tert-OH is 1. The minimum atomic E-state index is -0.860. The van der Waals surface area contributed by atoms with Crippen LogP contribution < -0.4 is 5.32 Å². The van der Waals surface area contributed by atoms with Crippen molar-refractivity contribution in [3.8, 4) is 0 Å². The Morgan fingerprint density at radius 1 is 1.11 bits per heavy atom. The summed E-state index contributed by atoms with van der Waals surface area (Å²) in [5.41, 5.74) is 3.65. The number of carbonyl (C=O) groups excluding carboxylic acids is 1.